The van der Waals surface area contributed by atoms with Gasteiger partial charge in [0.1, 0.15) is 5.82 Å². The minimum Gasteiger partial charge on any atom is -0.493 e. The molecule has 1 aromatic carbocycles. The number of amides is 1. The summed E-state index contributed by atoms with van der Waals surface area (Å²) in [5.74, 6) is 1.48. The Labute approximate surface area is 136 Å². The number of nitrogens with one attached hydrogen (secondary N) is 1. The number of unbranched alkanes of at least 4 members (excludes halogenated alkanes) is 1. The van der Waals surface area contributed by atoms with Gasteiger partial charge in [-0.3, -0.25) is 4.79 Å². The molecule has 0 spiro atoms. The third kappa shape index (κ3) is 4.71. The normalized spacial score (nSPS) is 10.2. The number of hydrogen-bond donors (Lipinski definition) is 1. The smallest absolute Gasteiger partial charge is 0.256 e. The number of carbonyl (C=O) groups is 1. The Bertz CT molecular complexity index is 671. The first-order valence-electron chi connectivity index (χ1n) is 7.69. The fourth-order valence-electron chi connectivity index (χ4n) is 2.05. The van der Waals surface area contributed by atoms with Crippen molar-refractivity contribution in [3.8, 4) is 11.5 Å². The van der Waals surface area contributed by atoms with Crippen LogP contribution in [0.1, 0.15) is 35.7 Å². The highest BCUT2D eigenvalue weighted by Crippen LogP contribution is 2.28. The van der Waals surface area contributed by atoms with E-state index in [0.29, 0.717) is 29.5 Å². The van der Waals surface area contributed by atoms with Crippen molar-refractivity contribution in [2.24, 2.45) is 0 Å². The largest absolute Gasteiger partial charge is 0.493 e. The van der Waals surface area contributed by atoms with E-state index in [0.717, 1.165) is 18.4 Å². The molecule has 0 unspecified atom stereocenters. The highest BCUT2D eigenvalue weighted by atomic mass is 16.5. The van der Waals surface area contributed by atoms with Gasteiger partial charge in [0.05, 0.1) is 13.7 Å². The van der Waals surface area contributed by atoms with E-state index < -0.39 is 0 Å². The second-order valence-electron chi connectivity index (χ2n) is 5.24. The molecule has 2 aromatic rings. The lowest BCUT2D eigenvalue weighted by atomic mass is 10.2. The fourth-order valence-corrected chi connectivity index (χ4v) is 2.05. The average Bonchev–Trinajstić information content (AvgIpc) is 2.55. The Morgan fingerprint density at radius 1 is 1.22 bits per heavy atom. The van der Waals surface area contributed by atoms with E-state index in [1.165, 1.54) is 0 Å². The highest BCUT2D eigenvalue weighted by molar-refractivity contribution is 6.04. The van der Waals surface area contributed by atoms with Crippen molar-refractivity contribution in [1.82, 2.24) is 4.98 Å². The molecule has 0 fully saturated rings. The standard InChI is InChI=1S/C18H22N2O3/c1-4-5-10-23-15-7-6-14(12-16(15)22-3)18(21)20-17-11-13(2)8-9-19-17/h6-9,11-12H,4-5,10H2,1-3H3,(H,19,20,21). The number of hydrogen-bond acceptors (Lipinski definition) is 4. The highest BCUT2D eigenvalue weighted by Gasteiger charge is 2.12. The predicted octanol–water partition coefficient (Wildman–Crippen LogP) is 3.83. The number of carbonyl (C=O) groups excluding carboxylic acids is 1. The molecule has 23 heavy (non-hydrogen) atoms. The van der Waals surface area contributed by atoms with Crippen LogP contribution in [0.25, 0.3) is 0 Å². The Morgan fingerprint density at radius 3 is 2.74 bits per heavy atom. The van der Waals surface area contributed by atoms with Crippen molar-refractivity contribution in [2.45, 2.75) is 26.7 Å². The van der Waals surface area contributed by atoms with E-state index in [1.54, 1.807) is 31.5 Å². The first-order chi connectivity index (χ1) is 11.1. The number of anilines is 1. The van der Waals surface area contributed by atoms with E-state index >= 15 is 0 Å². The quantitative estimate of drug-likeness (QED) is 0.789. The van der Waals surface area contributed by atoms with Crippen LogP contribution in [0, 0.1) is 6.92 Å². The molecule has 1 aromatic heterocycles. The maximum Gasteiger partial charge on any atom is 0.256 e. The second kappa shape index (κ2) is 8.17. The van der Waals surface area contributed by atoms with Crippen molar-refractivity contribution in [1.29, 1.82) is 0 Å². The number of nitrogens with zero attached hydrogens (tertiary/aromatic N) is 1. The first kappa shape index (κ1) is 16.8. The van der Waals surface area contributed by atoms with Gasteiger partial charge in [0.15, 0.2) is 11.5 Å². The summed E-state index contributed by atoms with van der Waals surface area (Å²) < 4.78 is 11.0. The molecule has 0 saturated heterocycles. The van der Waals surface area contributed by atoms with E-state index in [2.05, 4.69) is 17.2 Å². The minimum absolute atomic E-state index is 0.235. The summed E-state index contributed by atoms with van der Waals surface area (Å²) in [5, 5.41) is 2.78. The molecule has 122 valence electrons. The van der Waals surface area contributed by atoms with Gasteiger partial charge in [0.2, 0.25) is 0 Å². The van der Waals surface area contributed by atoms with E-state index in [9.17, 15) is 4.79 Å². The van der Waals surface area contributed by atoms with Gasteiger partial charge in [-0.2, -0.15) is 0 Å². The number of pyridine rings is 1. The lowest BCUT2D eigenvalue weighted by Crippen LogP contribution is -2.13. The molecule has 0 atom stereocenters. The van der Waals surface area contributed by atoms with E-state index in [1.807, 2.05) is 19.1 Å². The van der Waals surface area contributed by atoms with Crippen molar-refractivity contribution >= 4 is 11.7 Å². The SMILES string of the molecule is CCCCOc1ccc(C(=O)Nc2cc(C)ccn2)cc1OC. The number of ether oxygens (including phenoxy) is 2. The van der Waals surface area contributed by atoms with E-state index in [-0.39, 0.29) is 5.91 Å². The number of aromatic nitrogens is 1. The lowest BCUT2D eigenvalue weighted by Gasteiger charge is -2.12. The molecule has 1 amide bonds. The molecule has 0 radical (unpaired) electrons. The van der Waals surface area contributed by atoms with Crippen LogP contribution in [0.2, 0.25) is 0 Å². The summed E-state index contributed by atoms with van der Waals surface area (Å²) in [7, 11) is 1.56. The minimum atomic E-state index is -0.235. The van der Waals surface area contributed by atoms with Crippen LogP contribution in [-0.2, 0) is 0 Å². The topological polar surface area (TPSA) is 60.5 Å². The summed E-state index contributed by atoms with van der Waals surface area (Å²) in [6.07, 6.45) is 3.70. The molecule has 5 heteroatoms. The maximum absolute atomic E-state index is 12.3. The monoisotopic (exact) mass is 314 g/mol. The van der Waals surface area contributed by atoms with Crippen LogP contribution in [0.15, 0.2) is 36.5 Å². The van der Waals surface area contributed by atoms with Gasteiger partial charge >= 0.3 is 0 Å². The molecule has 0 saturated carbocycles. The summed E-state index contributed by atoms with van der Waals surface area (Å²) in [5.41, 5.74) is 1.53. The zero-order valence-corrected chi connectivity index (χ0v) is 13.8. The molecule has 1 N–H and O–H groups in total. The summed E-state index contributed by atoms with van der Waals surface area (Å²) >= 11 is 0. The van der Waals surface area contributed by atoms with Gasteiger partial charge in [-0.1, -0.05) is 13.3 Å². The lowest BCUT2D eigenvalue weighted by molar-refractivity contribution is 0.102. The summed E-state index contributed by atoms with van der Waals surface area (Å²) in [6, 6.07) is 8.84. The predicted molar refractivity (Wildman–Crippen MR) is 90.3 cm³/mol. The van der Waals surface area contributed by atoms with Crippen LogP contribution >= 0.6 is 0 Å². The molecule has 1 heterocycles. The zero-order valence-electron chi connectivity index (χ0n) is 13.8. The van der Waals surface area contributed by atoms with E-state index in [4.69, 9.17) is 9.47 Å². The number of aryl methyl sites for hydroxylation is 1. The molecule has 5 nitrogen and oxygen atoms in total. The molecule has 0 aliphatic carbocycles. The van der Waals surface area contributed by atoms with Crippen LogP contribution < -0.4 is 14.8 Å². The van der Waals surface area contributed by atoms with Gasteiger partial charge < -0.3 is 14.8 Å². The third-order valence-corrected chi connectivity index (χ3v) is 3.34. The first-order valence-corrected chi connectivity index (χ1v) is 7.69. The number of rotatable bonds is 7. The Morgan fingerprint density at radius 2 is 2.04 bits per heavy atom. The Balaban J connectivity index is 2.11. The number of benzene rings is 1. The van der Waals surface area contributed by atoms with Crippen LogP contribution in [0.4, 0.5) is 5.82 Å². The van der Waals surface area contributed by atoms with Gasteiger partial charge in [0, 0.05) is 11.8 Å². The number of methoxy groups -OCH3 is 1. The van der Waals surface area contributed by atoms with Gasteiger partial charge in [-0.15, -0.1) is 0 Å². The third-order valence-electron chi connectivity index (χ3n) is 3.34. The van der Waals surface area contributed by atoms with Crippen molar-refractivity contribution in [2.75, 3.05) is 19.0 Å². The zero-order chi connectivity index (χ0) is 16.7. The van der Waals surface area contributed by atoms with Gasteiger partial charge in [-0.25, -0.2) is 4.98 Å². The maximum atomic E-state index is 12.3. The summed E-state index contributed by atoms with van der Waals surface area (Å²) in [6.45, 7) is 4.68. The van der Waals surface area contributed by atoms with Crippen molar-refractivity contribution < 1.29 is 14.3 Å². The average molecular weight is 314 g/mol. The van der Waals surface area contributed by atoms with Crippen molar-refractivity contribution in [3.05, 3.63) is 47.7 Å². The van der Waals surface area contributed by atoms with Crippen molar-refractivity contribution in [3.63, 3.8) is 0 Å². The molecular weight excluding hydrogens is 292 g/mol. The van der Waals surface area contributed by atoms with Gasteiger partial charge in [-0.05, 0) is 49.2 Å². The van der Waals surface area contributed by atoms with Crippen LogP contribution in [0.5, 0.6) is 11.5 Å². The van der Waals surface area contributed by atoms with Gasteiger partial charge in [0.25, 0.3) is 5.91 Å². The fraction of sp³-hybridized carbons (Fsp3) is 0.333. The Hall–Kier alpha value is -2.56. The molecule has 0 aliphatic heterocycles. The molecule has 2 rings (SSSR count). The summed E-state index contributed by atoms with van der Waals surface area (Å²) in [4.78, 5) is 16.4. The molecule has 0 bridgehead atoms. The molecule has 0 aliphatic rings. The molecular formula is C18H22N2O3. The Kier molecular flexibility index (Phi) is 5.97. The van der Waals surface area contributed by atoms with Crippen LogP contribution in [-0.4, -0.2) is 24.6 Å². The van der Waals surface area contributed by atoms with Crippen LogP contribution in [0.3, 0.4) is 0 Å². The second-order valence-corrected chi connectivity index (χ2v) is 5.24.